The van der Waals surface area contributed by atoms with E-state index in [0.717, 1.165) is 11.1 Å². The quantitative estimate of drug-likeness (QED) is 0.668. The van der Waals surface area contributed by atoms with Crippen LogP contribution in [0.5, 0.6) is 11.5 Å². The number of hydrogen-bond acceptors (Lipinski definition) is 4. The lowest BCUT2D eigenvalue weighted by molar-refractivity contribution is -0.130. The second-order valence-electron chi connectivity index (χ2n) is 6.97. The van der Waals surface area contributed by atoms with Crippen molar-refractivity contribution in [3.05, 3.63) is 59.2 Å². The van der Waals surface area contributed by atoms with E-state index < -0.39 is 0 Å². The van der Waals surface area contributed by atoms with Gasteiger partial charge in [0, 0.05) is 33.0 Å². The van der Waals surface area contributed by atoms with Crippen LogP contribution < -0.4 is 14.8 Å². The number of rotatable bonds is 10. The number of carbonyl (C=O) groups is 2. The van der Waals surface area contributed by atoms with Gasteiger partial charge in [0.1, 0.15) is 0 Å². The topological polar surface area (TPSA) is 67.9 Å². The van der Waals surface area contributed by atoms with Crippen LogP contribution >= 0.6 is 0 Å². The predicted molar refractivity (Wildman–Crippen MR) is 113 cm³/mol. The van der Waals surface area contributed by atoms with E-state index >= 15 is 0 Å². The molecule has 6 nitrogen and oxygen atoms in total. The lowest BCUT2D eigenvalue weighted by Crippen LogP contribution is -2.34. The van der Waals surface area contributed by atoms with Crippen LogP contribution in [0.15, 0.2) is 42.5 Å². The second-order valence-corrected chi connectivity index (χ2v) is 6.97. The first-order valence-corrected chi connectivity index (χ1v) is 9.71. The van der Waals surface area contributed by atoms with E-state index in [4.69, 9.17) is 9.47 Å². The Kier molecular flexibility index (Phi) is 8.52. The van der Waals surface area contributed by atoms with Gasteiger partial charge in [-0.2, -0.15) is 0 Å². The molecule has 0 fully saturated rings. The van der Waals surface area contributed by atoms with Gasteiger partial charge in [0.15, 0.2) is 11.5 Å². The molecule has 6 heteroatoms. The van der Waals surface area contributed by atoms with Gasteiger partial charge in [-0.25, -0.2) is 0 Å². The number of benzene rings is 2. The van der Waals surface area contributed by atoms with Crippen molar-refractivity contribution in [3.63, 3.8) is 0 Å². The molecule has 0 atom stereocenters. The third-order valence-corrected chi connectivity index (χ3v) is 4.73. The lowest BCUT2D eigenvalue weighted by atomic mass is 10.1. The van der Waals surface area contributed by atoms with Gasteiger partial charge in [0.2, 0.25) is 11.8 Å². The minimum atomic E-state index is -0.0689. The standard InChI is InChI=1S/C23H30N2O4/c1-17-5-7-20(8-6-17)16-25(18(2)26)14-12-23(27)24-13-11-19-9-10-21(28-3)22(15-19)29-4/h5-10,15H,11-14,16H2,1-4H3,(H,24,27). The number of hydrogen-bond donors (Lipinski definition) is 1. The third kappa shape index (κ3) is 7.14. The summed E-state index contributed by atoms with van der Waals surface area (Å²) in [7, 11) is 3.20. The SMILES string of the molecule is COc1ccc(CCNC(=O)CCN(Cc2ccc(C)cc2)C(C)=O)cc1OC. The number of ether oxygens (including phenoxy) is 2. The Morgan fingerprint density at radius 3 is 2.24 bits per heavy atom. The van der Waals surface area contributed by atoms with E-state index in [0.29, 0.717) is 37.6 Å². The zero-order valence-electron chi connectivity index (χ0n) is 17.7. The monoisotopic (exact) mass is 398 g/mol. The van der Waals surface area contributed by atoms with Crippen LogP contribution in [0.3, 0.4) is 0 Å². The highest BCUT2D eigenvalue weighted by atomic mass is 16.5. The summed E-state index contributed by atoms with van der Waals surface area (Å²) in [6, 6.07) is 13.8. The van der Waals surface area contributed by atoms with E-state index in [1.807, 2.05) is 49.4 Å². The number of carbonyl (C=O) groups excluding carboxylic acids is 2. The first-order chi connectivity index (χ1) is 13.9. The van der Waals surface area contributed by atoms with Gasteiger partial charge in [-0.15, -0.1) is 0 Å². The molecule has 0 aliphatic carbocycles. The summed E-state index contributed by atoms with van der Waals surface area (Å²) in [5.41, 5.74) is 3.28. The van der Waals surface area contributed by atoms with Crippen molar-refractivity contribution < 1.29 is 19.1 Å². The smallest absolute Gasteiger partial charge is 0.221 e. The van der Waals surface area contributed by atoms with Crippen molar-refractivity contribution in [2.24, 2.45) is 0 Å². The molecule has 0 saturated carbocycles. The Bertz CT molecular complexity index is 818. The van der Waals surface area contributed by atoms with Gasteiger partial charge in [0.25, 0.3) is 0 Å². The predicted octanol–water partition coefficient (Wildman–Crippen LogP) is 3.11. The molecule has 0 saturated heterocycles. The summed E-state index contributed by atoms with van der Waals surface area (Å²) in [6.45, 7) is 4.98. The molecule has 156 valence electrons. The summed E-state index contributed by atoms with van der Waals surface area (Å²) in [4.78, 5) is 25.8. The summed E-state index contributed by atoms with van der Waals surface area (Å²) in [6.07, 6.45) is 0.962. The van der Waals surface area contributed by atoms with Crippen LogP contribution in [-0.2, 0) is 22.6 Å². The van der Waals surface area contributed by atoms with Gasteiger partial charge in [-0.1, -0.05) is 35.9 Å². The molecule has 0 radical (unpaired) electrons. The Hall–Kier alpha value is -3.02. The number of amides is 2. The zero-order valence-corrected chi connectivity index (χ0v) is 17.7. The minimum absolute atomic E-state index is 0.0382. The highest BCUT2D eigenvalue weighted by molar-refractivity contribution is 5.78. The van der Waals surface area contributed by atoms with Crippen LogP contribution in [0.1, 0.15) is 30.0 Å². The van der Waals surface area contributed by atoms with Gasteiger partial charge in [-0.05, 0) is 36.6 Å². The summed E-state index contributed by atoms with van der Waals surface area (Å²) < 4.78 is 10.5. The highest BCUT2D eigenvalue weighted by Gasteiger charge is 2.12. The van der Waals surface area contributed by atoms with Crippen molar-refractivity contribution in [1.82, 2.24) is 10.2 Å². The average Bonchev–Trinajstić information content (AvgIpc) is 2.72. The van der Waals surface area contributed by atoms with E-state index in [9.17, 15) is 9.59 Å². The van der Waals surface area contributed by atoms with Gasteiger partial charge >= 0.3 is 0 Å². The lowest BCUT2D eigenvalue weighted by Gasteiger charge is -2.21. The molecular formula is C23H30N2O4. The van der Waals surface area contributed by atoms with Crippen LogP contribution in [0, 0.1) is 6.92 Å². The summed E-state index contributed by atoms with van der Waals surface area (Å²) >= 11 is 0. The second kappa shape index (κ2) is 11.1. The van der Waals surface area contributed by atoms with Crippen LogP contribution in [-0.4, -0.2) is 44.0 Å². The van der Waals surface area contributed by atoms with E-state index in [1.54, 1.807) is 19.1 Å². The Balaban J connectivity index is 1.79. The van der Waals surface area contributed by atoms with E-state index in [-0.39, 0.29) is 18.2 Å². The van der Waals surface area contributed by atoms with E-state index in [2.05, 4.69) is 5.32 Å². The van der Waals surface area contributed by atoms with Crippen molar-refractivity contribution in [1.29, 1.82) is 0 Å². The van der Waals surface area contributed by atoms with Crippen LogP contribution in [0.2, 0.25) is 0 Å². The number of methoxy groups -OCH3 is 2. The summed E-state index contributed by atoms with van der Waals surface area (Å²) in [5, 5.41) is 2.91. The molecule has 2 aromatic carbocycles. The van der Waals surface area contributed by atoms with Crippen molar-refractivity contribution >= 4 is 11.8 Å². The third-order valence-electron chi connectivity index (χ3n) is 4.73. The first-order valence-electron chi connectivity index (χ1n) is 9.71. The van der Waals surface area contributed by atoms with Gasteiger partial charge < -0.3 is 19.7 Å². The molecule has 29 heavy (non-hydrogen) atoms. The largest absolute Gasteiger partial charge is 0.493 e. The Morgan fingerprint density at radius 2 is 1.62 bits per heavy atom. The normalized spacial score (nSPS) is 10.3. The maximum absolute atomic E-state index is 12.2. The Labute approximate surface area is 172 Å². The number of aryl methyl sites for hydroxylation is 1. The molecule has 0 aromatic heterocycles. The molecule has 0 heterocycles. The fourth-order valence-corrected chi connectivity index (χ4v) is 2.97. The molecule has 0 aliphatic rings. The zero-order chi connectivity index (χ0) is 21.2. The van der Waals surface area contributed by atoms with Crippen LogP contribution in [0.4, 0.5) is 0 Å². The average molecular weight is 399 g/mol. The van der Waals surface area contributed by atoms with Crippen LogP contribution in [0.25, 0.3) is 0 Å². The fourth-order valence-electron chi connectivity index (χ4n) is 2.97. The molecular weight excluding hydrogens is 368 g/mol. The molecule has 0 unspecified atom stereocenters. The fraction of sp³-hybridized carbons (Fsp3) is 0.391. The number of nitrogens with zero attached hydrogens (tertiary/aromatic N) is 1. The molecule has 0 bridgehead atoms. The number of nitrogens with one attached hydrogen (secondary N) is 1. The maximum atomic E-state index is 12.2. The van der Waals surface area contributed by atoms with Gasteiger partial charge in [-0.3, -0.25) is 9.59 Å². The molecule has 2 aromatic rings. The van der Waals surface area contributed by atoms with E-state index in [1.165, 1.54) is 12.5 Å². The molecule has 1 N–H and O–H groups in total. The summed E-state index contributed by atoms with van der Waals surface area (Å²) in [5.74, 6) is 1.24. The van der Waals surface area contributed by atoms with Gasteiger partial charge in [0.05, 0.1) is 14.2 Å². The molecule has 0 spiro atoms. The Morgan fingerprint density at radius 1 is 0.966 bits per heavy atom. The van der Waals surface area contributed by atoms with Crippen molar-refractivity contribution in [3.8, 4) is 11.5 Å². The minimum Gasteiger partial charge on any atom is -0.493 e. The van der Waals surface area contributed by atoms with Crippen molar-refractivity contribution in [2.45, 2.75) is 33.2 Å². The maximum Gasteiger partial charge on any atom is 0.221 e. The molecule has 2 rings (SSSR count). The molecule has 0 aliphatic heterocycles. The van der Waals surface area contributed by atoms with Crippen molar-refractivity contribution in [2.75, 3.05) is 27.3 Å². The first kappa shape index (κ1) is 22.3. The highest BCUT2D eigenvalue weighted by Crippen LogP contribution is 2.27. The molecule has 2 amide bonds.